The number of anilines is 1. The number of ether oxygens (including phenoxy) is 1. The van der Waals surface area contributed by atoms with E-state index in [1.54, 1.807) is 12.4 Å². The molecule has 0 fully saturated rings. The van der Waals surface area contributed by atoms with Gasteiger partial charge in [-0.2, -0.15) is 0 Å². The van der Waals surface area contributed by atoms with Gasteiger partial charge in [-0.25, -0.2) is 0 Å². The van der Waals surface area contributed by atoms with E-state index in [9.17, 15) is 4.79 Å². The normalized spacial score (nSPS) is 15.8. The molecule has 1 aliphatic rings. The molecule has 0 amide bonds. The number of thiocarbonyl (C=S) groups is 1. The van der Waals surface area contributed by atoms with Crippen LogP contribution in [0, 0.1) is 5.41 Å². The van der Waals surface area contributed by atoms with Crippen LogP contribution in [0.25, 0.3) is 0 Å². The number of aromatic nitrogens is 1. The van der Waals surface area contributed by atoms with E-state index in [4.69, 9.17) is 17.0 Å². The predicted octanol–water partition coefficient (Wildman–Crippen LogP) is 4.65. The smallest absolute Gasteiger partial charge is 0.168 e. The molecule has 2 N–H and O–H groups in total. The van der Waals surface area contributed by atoms with Crippen molar-refractivity contribution in [3.05, 3.63) is 65.6 Å². The number of hydrogen-bond donors (Lipinski definition) is 2. The number of Topliss-reactive ketones (excluding diaryl/α,β-unsaturated/α-hetero) is 1. The quantitative estimate of drug-likeness (QED) is 0.649. The zero-order valence-electron chi connectivity index (χ0n) is 17.1. The lowest BCUT2D eigenvalue weighted by Gasteiger charge is -2.33. The van der Waals surface area contributed by atoms with Gasteiger partial charge in [0.1, 0.15) is 10.7 Å². The van der Waals surface area contributed by atoms with Crippen LogP contribution in [0.2, 0.25) is 0 Å². The molecular formula is C23H27N3O2S. The molecule has 6 heteroatoms. The van der Waals surface area contributed by atoms with Crippen molar-refractivity contribution < 1.29 is 9.53 Å². The summed E-state index contributed by atoms with van der Waals surface area (Å²) < 4.78 is 5.67. The summed E-state index contributed by atoms with van der Waals surface area (Å²) in [6, 6.07) is 11.6. The largest absolute Gasteiger partial charge is 0.492 e. The van der Waals surface area contributed by atoms with Crippen LogP contribution in [0.4, 0.5) is 5.69 Å². The molecule has 29 heavy (non-hydrogen) atoms. The number of ketones is 1. The Kier molecular flexibility index (Phi) is 6.64. The van der Waals surface area contributed by atoms with Crippen molar-refractivity contribution in [2.45, 2.75) is 40.2 Å². The van der Waals surface area contributed by atoms with Gasteiger partial charge in [-0.15, -0.1) is 0 Å². The molecule has 1 aromatic heterocycles. The number of benzene rings is 1. The topological polar surface area (TPSA) is 63.2 Å². The van der Waals surface area contributed by atoms with Crippen LogP contribution in [0.15, 0.2) is 60.1 Å². The van der Waals surface area contributed by atoms with Crippen molar-refractivity contribution in [3.8, 4) is 5.75 Å². The lowest BCUT2D eigenvalue weighted by atomic mass is 9.75. The van der Waals surface area contributed by atoms with Gasteiger partial charge in [-0.3, -0.25) is 9.78 Å². The molecule has 0 atom stereocenters. The van der Waals surface area contributed by atoms with E-state index in [0.29, 0.717) is 30.1 Å². The Bertz CT molecular complexity index is 923. The zero-order valence-corrected chi connectivity index (χ0v) is 17.9. The zero-order chi connectivity index (χ0) is 20.9. The number of rotatable bonds is 7. The molecule has 0 unspecified atom stereocenters. The Morgan fingerprint density at radius 2 is 1.97 bits per heavy atom. The second kappa shape index (κ2) is 9.18. The summed E-state index contributed by atoms with van der Waals surface area (Å²) >= 11 is 5.62. The summed E-state index contributed by atoms with van der Waals surface area (Å²) in [5.74, 6) is 0.813. The minimum Gasteiger partial charge on any atom is -0.492 e. The number of pyridine rings is 1. The Labute approximate surface area is 177 Å². The number of nitrogens with one attached hydrogen (secondary N) is 2. The van der Waals surface area contributed by atoms with Crippen molar-refractivity contribution in [1.29, 1.82) is 0 Å². The van der Waals surface area contributed by atoms with Crippen molar-refractivity contribution in [3.63, 3.8) is 0 Å². The Morgan fingerprint density at radius 1 is 1.21 bits per heavy atom. The summed E-state index contributed by atoms with van der Waals surface area (Å²) in [6.45, 7) is 7.27. The van der Waals surface area contributed by atoms with Gasteiger partial charge >= 0.3 is 0 Å². The number of carbonyl (C=O) groups is 1. The van der Waals surface area contributed by atoms with E-state index in [1.807, 2.05) is 43.3 Å². The maximum Gasteiger partial charge on any atom is 0.168 e. The molecule has 1 heterocycles. The monoisotopic (exact) mass is 409 g/mol. The molecular weight excluding hydrogens is 382 g/mol. The number of nitrogens with zero attached hydrogens (tertiary/aromatic N) is 1. The van der Waals surface area contributed by atoms with E-state index >= 15 is 0 Å². The predicted molar refractivity (Wildman–Crippen MR) is 120 cm³/mol. The van der Waals surface area contributed by atoms with Crippen LogP contribution >= 0.6 is 12.2 Å². The van der Waals surface area contributed by atoms with E-state index in [0.717, 1.165) is 29.1 Å². The molecule has 0 spiro atoms. The van der Waals surface area contributed by atoms with Crippen LogP contribution in [-0.4, -0.2) is 22.4 Å². The standard InChI is InChI=1S/C23H27N3O2S/c1-4-28-20-15-24-11-10-16(20)14-25-18-12-23(2,3)13-19(27)21(18)22(29)26-17-8-6-5-7-9-17/h5-11,15,25H,4,12-14H2,1-3H3,(H,26,29). The van der Waals surface area contributed by atoms with E-state index in [2.05, 4.69) is 29.5 Å². The average Bonchev–Trinajstić information content (AvgIpc) is 2.67. The van der Waals surface area contributed by atoms with Crippen molar-refractivity contribution >= 4 is 28.7 Å². The summed E-state index contributed by atoms with van der Waals surface area (Å²) in [5.41, 5.74) is 3.20. The highest BCUT2D eigenvalue weighted by Gasteiger charge is 2.34. The number of carbonyl (C=O) groups excluding carboxylic acids is 1. The number of para-hydroxylation sites is 1. The summed E-state index contributed by atoms with van der Waals surface area (Å²) in [4.78, 5) is 17.6. The molecule has 5 nitrogen and oxygen atoms in total. The van der Waals surface area contributed by atoms with E-state index in [-0.39, 0.29) is 11.2 Å². The van der Waals surface area contributed by atoms with Gasteiger partial charge in [0.25, 0.3) is 0 Å². The van der Waals surface area contributed by atoms with Crippen LogP contribution < -0.4 is 15.4 Å². The average molecular weight is 410 g/mol. The van der Waals surface area contributed by atoms with E-state index in [1.165, 1.54) is 0 Å². The van der Waals surface area contributed by atoms with Crippen molar-refractivity contribution in [1.82, 2.24) is 10.3 Å². The first kappa shape index (κ1) is 21.0. The van der Waals surface area contributed by atoms with Crippen LogP contribution in [0.3, 0.4) is 0 Å². The molecule has 0 aliphatic heterocycles. The lowest BCUT2D eigenvalue weighted by molar-refractivity contribution is -0.117. The second-order valence-electron chi connectivity index (χ2n) is 7.88. The van der Waals surface area contributed by atoms with Gasteiger partial charge < -0.3 is 15.4 Å². The first-order valence-corrected chi connectivity index (χ1v) is 10.2. The van der Waals surface area contributed by atoms with Gasteiger partial charge in [0.15, 0.2) is 5.78 Å². The summed E-state index contributed by atoms with van der Waals surface area (Å²) in [5, 5.41) is 6.67. The fourth-order valence-electron chi connectivity index (χ4n) is 3.49. The lowest BCUT2D eigenvalue weighted by Crippen LogP contribution is -2.35. The maximum absolute atomic E-state index is 13.0. The highest BCUT2D eigenvalue weighted by Crippen LogP contribution is 2.36. The molecule has 3 rings (SSSR count). The first-order chi connectivity index (χ1) is 13.9. The fraction of sp³-hybridized carbons (Fsp3) is 0.348. The molecule has 1 aliphatic carbocycles. The highest BCUT2D eigenvalue weighted by atomic mass is 32.1. The van der Waals surface area contributed by atoms with Crippen LogP contribution in [0.1, 0.15) is 39.2 Å². The molecule has 1 aromatic carbocycles. The fourth-order valence-corrected chi connectivity index (χ4v) is 3.85. The molecule has 0 saturated heterocycles. The van der Waals surface area contributed by atoms with Crippen LogP contribution in [-0.2, 0) is 11.3 Å². The molecule has 0 bridgehead atoms. The van der Waals surface area contributed by atoms with Gasteiger partial charge in [-0.1, -0.05) is 44.3 Å². The summed E-state index contributed by atoms with van der Waals surface area (Å²) in [7, 11) is 0. The third kappa shape index (κ3) is 5.41. The Morgan fingerprint density at radius 3 is 2.69 bits per heavy atom. The summed E-state index contributed by atoms with van der Waals surface area (Å²) in [6.07, 6.45) is 4.68. The Hall–Kier alpha value is -2.73. The van der Waals surface area contributed by atoms with Crippen molar-refractivity contribution in [2.24, 2.45) is 5.41 Å². The van der Waals surface area contributed by atoms with Gasteiger partial charge in [0.2, 0.25) is 0 Å². The molecule has 2 aromatic rings. The molecule has 0 saturated carbocycles. The SMILES string of the molecule is CCOc1cnccc1CNC1=C(C(=S)Nc2ccccc2)C(=O)CC(C)(C)C1. The number of hydrogen-bond acceptors (Lipinski definition) is 5. The minimum atomic E-state index is -0.119. The Balaban J connectivity index is 1.86. The van der Waals surface area contributed by atoms with Gasteiger partial charge in [-0.05, 0) is 37.0 Å². The van der Waals surface area contributed by atoms with Gasteiger partial charge in [0, 0.05) is 36.1 Å². The van der Waals surface area contributed by atoms with Crippen LogP contribution in [0.5, 0.6) is 5.75 Å². The van der Waals surface area contributed by atoms with Crippen molar-refractivity contribution in [2.75, 3.05) is 11.9 Å². The molecule has 152 valence electrons. The maximum atomic E-state index is 13.0. The first-order valence-electron chi connectivity index (χ1n) is 9.82. The van der Waals surface area contributed by atoms with E-state index < -0.39 is 0 Å². The van der Waals surface area contributed by atoms with Gasteiger partial charge in [0.05, 0.1) is 18.4 Å². The third-order valence-electron chi connectivity index (χ3n) is 4.80. The highest BCUT2D eigenvalue weighted by molar-refractivity contribution is 7.81. The molecule has 0 radical (unpaired) electrons. The number of allylic oxidation sites excluding steroid dienone is 1. The minimum absolute atomic E-state index is 0.0666. The third-order valence-corrected chi connectivity index (χ3v) is 5.10. The second-order valence-corrected chi connectivity index (χ2v) is 8.29.